The highest BCUT2D eigenvalue weighted by Gasteiger charge is 2.21. The minimum absolute atomic E-state index is 0.00813. The molecular formula is C33H36Cl2N6O3. The van der Waals surface area contributed by atoms with E-state index in [9.17, 15) is 4.79 Å². The summed E-state index contributed by atoms with van der Waals surface area (Å²) in [4.78, 5) is 17.6. The number of nitrogens with one attached hydrogen (secondary N) is 1. The zero-order valence-electron chi connectivity index (χ0n) is 25.0. The molecule has 0 saturated carbocycles. The fourth-order valence-corrected chi connectivity index (χ4v) is 6.47. The van der Waals surface area contributed by atoms with Crippen LogP contribution in [0.3, 0.4) is 0 Å². The third-order valence-corrected chi connectivity index (χ3v) is 8.94. The maximum Gasteiger partial charge on any atom is 0.238 e. The lowest BCUT2D eigenvalue weighted by Crippen LogP contribution is -2.36. The lowest BCUT2D eigenvalue weighted by Gasteiger charge is -2.22. The highest BCUT2D eigenvalue weighted by atomic mass is 35.5. The van der Waals surface area contributed by atoms with Crippen LogP contribution < -0.4 is 14.8 Å². The Morgan fingerprint density at radius 3 is 2.55 bits per heavy atom. The first-order valence-corrected chi connectivity index (χ1v) is 15.6. The fraction of sp³-hybridized carbons (Fsp3) is 0.364. The number of halogens is 2. The Kier molecular flexibility index (Phi) is 9.37. The van der Waals surface area contributed by atoms with E-state index in [1.165, 1.54) is 5.56 Å². The van der Waals surface area contributed by atoms with E-state index in [1.54, 1.807) is 19.2 Å². The third kappa shape index (κ3) is 6.86. The number of amides is 1. The molecule has 1 amide bonds. The molecule has 1 aromatic heterocycles. The molecule has 9 nitrogen and oxygen atoms in total. The SMILES string of the molecule is COc1cc(CN2CCCN(CC(=O)Nc3ccc4c(c3)CCc3nnc(C)n3-4)CC2)ccc1OCc1c(Cl)cccc1Cl. The molecule has 11 heteroatoms. The Morgan fingerprint density at radius 2 is 1.73 bits per heavy atom. The number of benzene rings is 3. The summed E-state index contributed by atoms with van der Waals surface area (Å²) in [6, 6.07) is 17.5. The Morgan fingerprint density at radius 1 is 0.932 bits per heavy atom. The van der Waals surface area contributed by atoms with Crippen molar-refractivity contribution in [3.63, 3.8) is 0 Å². The van der Waals surface area contributed by atoms with Crippen LogP contribution in [0.5, 0.6) is 11.5 Å². The molecule has 6 rings (SSSR count). The Labute approximate surface area is 267 Å². The van der Waals surface area contributed by atoms with Crippen molar-refractivity contribution in [2.24, 2.45) is 0 Å². The van der Waals surface area contributed by atoms with Crippen LogP contribution in [-0.2, 0) is 30.8 Å². The number of ether oxygens (including phenoxy) is 2. The molecule has 3 heterocycles. The fourth-order valence-electron chi connectivity index (χ4n) is 5.96. The number of carbonyl (C=O) groups excluding carboxylic acids is 1. The summed E-state index contributed by atoms with van der Waals surface area (Å²) in [5, 5.41) is 12.7. The molecule has 4 aromatic rings. The number of hydrogen-bond donors (Lipinski definition) is 1. The summed E-state index contributed by atoms with van der Waals surface area (Å²) in [5.41, 5.74) is 5.01. The van der Waals surface area contributed by atoms with Gasteiger partial charge in [-0.2, -0.15) is 0 Å². The number of hydrogen-bond acceptors (Lipinski definition) is 7. The number of aromatic nitrogens is 3. The first-order chi connectivity index (χ1) is 21.4. The second-order valence-corrected chi connectivity index (χ2v) is 12.1. The molecule has 1 fully saturated rings. The van der Waals surface area contributed by atoms with Gasteiger partial charge in [-0.3, -0.25) is 19.2 Å². The smallest absolute Gasteiger partial charge is 0.238 e. The maximum atomic E-state index is 13.0. The van der Waals surface area contributed by atoms with E-state index in [1.807, 2.05) is 31.2 Å². The van der Waals surface area contributed by atoms with E-state index in [0.29, 0.717) is 28.1 Å². The number of carbonyl (C=O) groups is 1. The topological polar surface area (TPSA) is 84.8 Å². The van der Waals surface area contributed by atoms with Gasteiger partial charge in [0.2, 0.25) is 5.91 Å². The highest BCUT2D eigenvalue weighted by molar-refractivity contribution is 6.35. The van der Waals surface area contributed by atoms with Gasteiger partial charge >= 0.3 is 0 Å². The zero-order valence-corrected chi connectivity index (χ0v) is 26.5. The molecule has 2 aliphatic heterocycles. The van der Waals surface area contributed by atoms with E-state index in [0.717, 1.165) is 86.1 Å². The second kappa shape index (κ2) is 13.6. The summed E-state index contributed by atoms with van der Waals surface area (Å²) in [6.07, 6.45) is 2.72. The molecular weight excluding hydrogens is 599 g/mol. The van der Waals surface area contributed by atoms with Crippen molar-refractivity contribution >= 4 is 34.8 Å². The van der Waals surface area contributed by atoms with Crippen molar-refractivity contribution in [3.8, 4) is 17.2 Å². The molecule has 0 radical (unpaired) electrons. The standard InChI is InChI=1S/C33H36Cl2N6O3/c1-22-37-38-32-12-8-24-18-25(9-10-29(24)41(22)32)36-33(42)20-40-14-4-13-39(15-16-40)19-23-7-11-30(31(17-23)43-2)44-21-26-27(34)5-3-6-28(26)35/h3,5-7,9-11,17-18H,4,8,12-16,19-21H2,1-2H3,(H,36,42). The molecule has 1 saturated heterocycles. The van der Waals surface area contributed by atoms with Gasteiger partial charge in [0.25, 0.3) is 0 Å². The first-order valence-electron chi connectivity index (χ1n) is 14.9. The molecule has 0 unspecified atom stereocenters. The van der Waals surface area contributed by atoms with Crippen molar-refractivity contribution in [1.29, 1.82) is 0 Å². The summed E-state index contributed by atoms with van der Waals surface area (Å²) in [6.45, 7) is 6.91. The normalized spacial score (nSPS) is 15.3. The molecule has 2 aliphatic rings. The number of anilines is 1. The number of fused-ring (bicyclic) bond motifs is 3. The number of nitrogens with zero attached hydrogens (tertiary/aromatic N) is 5. The summed E-state index contributed by atoms with van der Waals surface area (Å²) in [5.74, 6) is 3.18. The van der Waals surface area contributed by atoms with E-state index < -0.39 is 0 Å². The highest BCUT2D eigenvalue weighted by Crippen LogP contribution is 2.32. The average molecular weight is 636 g/mol. The Bertz CT molecular complexity index is 1640. The molecule has 3 aromatic carbocycles. The van der Waals surface area contributed by atoms with Gasteiger partial charge in [-0.15, -0.1) is 10.2 Å². The van der Waals surface area contributed by atoms with Crippen molar-refractivity contribution in [1.82, 2.24) is 24.6 Å². The summed E-state index contributed by atoms with van der Waals surface area (Å²) < 4.78 is 13.8. The van der Waals surface area contributed by atoms with Gasteiger partial charge in [-0.1, -0.05) is 35.3 Å². The lowest BCUT2D eigenvalue weighted by molar-refractivity contribution is -0.117. The lowest BCUT2D eigenvalue weighted by atomic mass is 10.0. The predicted molar refractivity (Wildman–Crippen MR) is 172 cm³/mol. The van der Waals surface area contributed by atoms with Gasteiger partial charge in [0.1, 0.15) is 18.3 Å². The predicted octanol–water partition coefficient (Wildman–Crippen LogP) is 5.72. The zero-order chi connectivity index (χ0) is 30.6. The molecule has 0 bridgehead atoms. The maximum absolute atomic E-state index is 13.0. The van der Waals surface area contributed by atoms with Crippen LogP contribution in [-0.4, -0.2) is 70.3 Å². The minimum Gasteiger partial charge on any atom is -0.493 e. The van der Waals surface area contributed by atoms with Gasteiger partial charge in [-0.05, 0) is 86.4 Å². The van der Waals surface area contributed by atoms with Gasteiger partial charge in [0, 0.05) is 47.4 Å². The summed E-state index contributed by atoms with van der Waals surface area (Å²) in [7, 11) is 1.64. The van der Waals surface area contributed by atoms with E-state index >= 15 is 0 Å². The van der Waals surface area contributed by atoms with Crippen molar-refractivity contribution in [3.05, 3.63) is 93.0 Å². The number of methoxy groups -OCH3 is 1. The molecule has 1 N–H and O–H groups in total. The molecule has 44 heavy (non-hydrogen) atoms. The van der Waals surface area contributed by atoms with Gasteiger partial charge in [-0.25, -0.2) is 0 Å². The van der Waals surface area contributed by atoms with Gasteiger partial charge in [0.05, 0.1) is 19.3 Å². The van der Waals surface area contributed by atoms with Gasteiger partial charge < -0.3 is 14.8 Å². The van der Waals surface area contributed by atoms with E-state index in [-0.39, 0.29) is 12.5 Å². The molecule has 0 atom stereocenters. The Hall–Kier alpha value is -3.63. The third-order valence-electron chi connectivity index (χ3n) is 8.23. The van der Waals surface area contributed by atoms with Crippen LogP contribution in [0.2, 0.25) is 10.0 Å². The monoisotopic (exact) mass is 634 g/mol. The quantitative estimate of drug-likeness (QED) is 0.252. The van der Waals surface area contributed by atoms with Crippen LogP contribution in [0.4, 0.5) is 5.69 Å². The number of rotatable bonds is 9. The number of aryl methyl sites for hydroxylation is 3. The minimum atomic E-state index is 0.00813. The van der Waals surface area contributed by atoms with Crippen LogP contribution in [0.1, 0.15) is 34.8 Å². The Balaban J connectivity index is 1.01. The van der Waals surface area contributed by atoms with Crippen LogP contribution >= 0.6 is 23.2 Å². The average Bonchev–Trinajstić information content (AvgIpc) is 3.26. The van der Waals surface area contributed by atoms with E-state index in [4.69, 9.17) is 32.7 Å². The van der Waals surface area contributed by atoms with Crippen LogP contribution in [0.15, 0.2) is 54.6 Å². The van der Waals surface area contributed by atoms with Crippen molar-refractivity contribution < 1.29 is 14.3 Å². The summed E-state index contributed by atoms with van der Waals surface area (Å²) >= 11 is 12.6. The van der Waals surface area contributed by atoms with E-state index in [2.05, 4.69) is 48.1 Å². The molecule has 0 aliphatic carbocycles. The van der Waals surface area contributed by atoms with Crippen LogP contribution in [0, 0.1) is 6.92 Å². The van der Waals surface area contributed by atoms with Gasteiger partial charge in [0.15, 0.2) is 11.5 Å². The second-order valence-electron chi connectivity index (χ2n) is 11.3. The van der Waals surface area contributed by atoms with Crippen molar-refractivity contribution in [2.45, 2.75) is 39.3 Å². The first kappa shape index (κ1) is 30.4. The molecule has 0 spiro atoms. The van der Waals surface area contributed by atoms with Crippen LogP contribution in [0.25, 0.3) is 5.69 Å². The molecule has 230 valence electrons. The largest absolute Gasteiger partial charge is 0.493 e. The van der Waals surface area contributed by atoms with Crippen molar-refractivity contribution in [2.75, 3.05) is 45.2 Å².